The largest absolute Gasteiger partial charge is 0.495 e. The minimum Gasteiger partial charge on any atom is -0.495 e. The van der Waals surface area contributed by atoms with Crippen molar-refractivity contribution < 1.29 is 36.2 Å². The van der Waals surface area contributed by atoms with Crippen LogP contribution in [0.5, 0.6) is 17.2 Å². The van der Waals surface area contributed by atoms with Gasteiger partial charge in [-0.05, 0) is 42.9 Å². The molecule has 0 unspecified atom stereocenters. The minimum atomic E-state index is -3.84. The van der Waals surface area contributed by atoms with Gasteiger partial charge in [-0.3, -0.25) is 4.79 Å². The van der Waals surface area contributed by atoms with E-state index in [1.807, 2.05) is 0 Å². The van der Waals surface area contributed by atoms with Crippen LogP contribution in [-0.2, 0) is 16.6 Å². The number of rotatable bonds is 9. The molecule has 0 bridgehead atoms. The number of nitrogens with one attached hydrogen (secondary N) is 1. The van der Waals surface area contributed by atoms with Gasteiger partial charge in [-0.1, -0.05) is 6.07 Å². The lowest BCUT2D eigenvalue weighted by Crippen LogP contribution is -2.27. The molecule has 0 heterocycles. The van der Waals surface area contributed by atoms with Crippen molar-refractivity contribution in [2.75, 3.05) is 28.3 Å². The molecule has 0 spiro atoms. The number of benzene rings is 2. The third kappa shape index (κ3) is 5.36. The molecular formula is C19H22F2N2O6S. The van der Waals surface area contributed by atoms with E-state index in [9.17, 15) is 22.0 Å². The molecule has 0 aliphatic rings. The Hall–Kier alpha value is -2.92. The smallest absolute Gasteiger partial charge is 0.387 e. The van der Waals surface area contributed by atoms with Gasteiger partial charge in [0.2, 0.25) is 10.0 Å². The quantitative estimate of drug-likeness (QED) is 0.639. The van der Waals surface area contributed by atoms with Crippen molar-refractivity contribution >= 4 is 15.9 Å². The lowest BCUT2D eigenvalue weighted by molar-refractivity contribution is -0.0512. The summed E-state index contributed by atoms with van der Waals surface area (Å²) in [4.78, 5) is 14.0. The van der Waals surface area contributed by atoms with Crippen molar-refractivity contribution in [1.82, 2.24) is 9.62 Å². The summed E-state index contributed by atoms with van der Waals surface area (Å²) < 4.78 is 66.0. The molecule has 1 amide bonds. The molecule has 0 atom stereocenters. The van der Waals surface area contributed by atoms with Crippen molar-refractivity contribution in [3.63, 3.8) is 0 Å². The van der Waals surface area contributed by atoms with Crippen LogP contribution < -0.4 is 18.9 Å². The van der Waals surface area contributed by atoms with E-state index in [0.717, 1.165) is 0 Å². The van der Waals surface area contributed by atoms with E-state index >= 15 is 0 Å². The fourth-order valence-electron chi connectivity index (χ4n) is 2.70. The van der Waals surface area contributed by atoms with Gasteiger partial charge in [-0.15, -0.1) is 0 Å². The topological polar surface area (TPSA) is 94.2 Å². The Balaban J connectivity index is 2.27. The number of ether oxygens (including phenoxy) is 3. The van der Waals surface area contributed by atoms with Crippen molar-refractivity contribution in [3.05, 3.63) is 47.5 Å². The monoisotopic (exact) mass is 444 g/mol. The summed E-state index contributed by atoms with van der Waals surface area (Å²) in [5.41, 5.74) is 0.734. The van der Waals surface area contributed by atoms with Crippen LogP contribution in [0.2, 0.25) is 0 Å². The van der Waals surface area contributed by atoms with E-state index < -0.39 is 22.5 Å². The second-order valence-corrected chi connectivity index (χ2v) is 7.95. The molecule has 0 saturated heterocycles. The van der Waals surface area contributed by atoms with E-state index in [1.54, 1.807) is 0 Å². The molecular weight excluding hydrogens is 422 g/mol. The molecule has 2 aromatic carbocycles. The molecule has 0 aliphatic carbocycles. The number of nitrogens with zero attached hydrogens (tertiary/aromatic N) is 1. The van der Waals surface area contributed by atoms with Gasteiger partial charge in [-0.2, -0.15) is 8.78 Å². The molecule has 2 aromatic rings. The van der Waals surface area contributed by atoms with Crippen LogP contribution in [0.1, 0.15) is 15.9 Å². The zero-order chi connectivity index (χ0) is 22.5. The van der Waals surface area contributed by atoms with Crippen LogP contribution in [0.25, 0.3) is 0 Å². The van der Waals surface area contributed by atoms with Crippen LogP contribution in [-0.4, -0.2) is 54.2 Å². The highest BCUT2D eigenvalue weighted by Crippen LogP contribution is 2.30. The number of sulfonamides is 1. The number of hydrogen-bond donors (Lipinski definition) is 1. The molecule has 8 nitrogen and oxygen atoms in total. The lowest BCUT2D eigenvalue weighted by atomic mass is 10.1. The second kappa shape index (κ2) is 9.72. The Morgan fingerprint density at radius 1 is 1.07 bits per heavy atom. The highest BCUT2D eigenvalue weighted by Gasteiger charge is 2.22. The maximum Gasteiger partial charge on any atom is 0.387 e. The second-order valence-electron chi connectivity index (χ2n) is 6.10. The van der Waals surface area contributed by atoms with E-state index in [0.29, 0.717) is 5.56 Å². The number of alkyl halides is 2. The summed E-state index contributed by atoms with van der Waals surface area (Å²) >= 11 is 0. The third-order valence-corrected chi connectivity index (χ3v) is 5.61. The van der Waals surface area contributed by atoms with Gasteiger partial charge in [-0.25, -0.2) is 13.1 Å². The Morgan fingerprint density at radius 2 is 1.70 bits per heavy atom. The average Bonchev–Trinajstić information content (AvgIpc) is 2.73. The number of carbonyl (C=O) groups excluding carboxylic acids is 1. The zero-order valence-electron chi connectivity index (χ0n) is 16.8. The summed E-state index contributed by atoms with van der Waals surface area (Å²) in [5.74, 6) is -0.372. The number of halogens is 2. The highest BCUT2D eigenvalue weighted by atomic mass is 32.2. The molecule has 1 N–H and O–H groups in total. The molecule has 2 rings (SSSR count). The fourth-order valence-corrected chi connectivity index (χ4v) is 3.62. The van der Waals surface area contributed by atoms with Crippen LogP contribution in [0.4, 0.5) is 8.78 Å². The maximum atomic E-state index is 12.8. The summed E-state index contributed by atoms with van der Waals surface area (Å²) in [6.45, 7) is -2.88. The number of carbonyl (C=O) groups is 1. The molecule has 164 valence electrons. The van der Waals surface area contributed by atoms with Crippen molar-refractivity contribution in [1.29, 1.82) is 0 Å². The summed E-state index contributed by atoms with van der Waals surface area (Å²) in [7, 11) is 1.57. The first-order chi connectivity index (χ1) is 14.1. The van der Waals surface area contributed by atoms with Crippen LogP contribution in [0.15, 0.2) is 41.3 Å². The standard InChI is InChI=1S/C19H22F2N2O6S/c1-22-30(25,26)17-10-13(6-8-15(17)27-3)18(24)23(2)11-12-5-7-14(29-19(20)21)16(9-12)28-4/h5-10,19,22H,11H2,1-4H3. The highest BCUT2D eigenvalue weighted by molar-refractivity contribution is 7.89. The van der Waals surface area contributed by atoms with Crippen molar-refractivity contribution in [3.8, 4) is 17.2 Å². The Labute approximate surface area is 173 Å². The normalized spacial score (nSPS) is 11.3. The van der Waals surface area contributed by atoms with Gasteiger partial charge >= 0.3 is 6.61 Å². The summed E-state index contributed by atoms with van der Waals surface area (Å²) in [6.07, 6.45) is 0. The molecule has 11 heteroatoms. The first-order valence-corrected chi connectivity index (χ1v) is 10.1. The minimum absolute atomic E-state index is 0.0977. The Kier molecular flexibility index (Phi) is 7.57. The number of amides is 1. The molecule has 30 heavy (non-hydrogen) atoms. The predicted octanol–water partition coefficient (Wildman–Crippen LogP) is 2.49. The van der Waals surface area contributed by atoms with Gasteiger partial charge in [0.05, 0.1) is 14.2 Å². The SMILES string of the molecule is CNS(=O)(=O)c1cc(C(=O)N(C)Cc2ccc(OC(F)F)c(OC)c2)ccc1OC. The predicted molar refractivity (Wildman–Crippen MR) is 105 cm³/mol. The van der Waals surface area contributed by atoms with Gasteiger partial charge in [0.25, 0.3) is 5.91 Å². The first kappa shape index (κ1) is 23.4. The molecule has 0 aromatic heterocycles. The maximum absolute atomic E-state index is 12.8. The molecule has 0 saturated carbocycles. The van der Waals surface area contributed by atoms with Gasteiger partial charge in [0, 0.05) is 19.2 Å². The van der Waals surface area contributed by atoms with Gasteiger partial charge < -0.3 is 19.1 Å². The van der Waals surface area contributed by atoms with Crippen molar-refractivity contribution in [2.24, 2.45) is 0 Å². The number of hydrogen-bond acceptors (Lipinski definition) is 6. The Bertz CT molecular complexity index is 1010. The first-order valence-electron chi connectivity index (χ1n) is 8.61. The van der Waals surface area contributed by atoms with E-state index in [-0.39, 0.29) is 34.3 Å². The Morgan fingerprint density at radius 3 is 2.27 bits per heavy atom. The summed E-state index contributed by atoms with van der Waals surface area (Å²) in [6, 6.07) is 8.39. The van der Waals surface area contributed by atoms with Crippen LogP contribution in [0, 0.1) is 0 Å². The summed E-state index contributed by atoms with van der Waals surface area (Å²) in [5, 5.41) is 0. The molecule has 0 radical (unpaired) electrons. The molecule has 0 fully saturated rings. The van der Waals surface area contributed by atoms with Crippen LogP contribution in [0.3, 0.4) is 0 Å². The van der Waals surface area contributed by atoms with Crippen molar-refractivity contribution in [2.45, 2.75) is 18.1 Å². The number of methoxy groups -OCH3 is 2. The fraction of sp³-hybridized carbons (Fsp3) is 0.316. The zero-order valence-corrected chi connectivity index (χ0v) is 17.6. The molecule has 0 aliphatic heterocycles. The third-order valence-electron chi connectivity index (χ3n) is 4.18. The van der Waals surface area contributed by atoms with E-state index in [1.165, 1.54) is 69.6 Å². The van der Waals surface area contributed by atoms with Crippen LogP contribution >= 0.6 is 0 Å². The average molecular weight is 444 g/mol. The van der Waals surface area contributed by atoms with Gasteiger partial charge in [0.15, 0.2) is 11.5 Å². The lowest BCUT2D eigenvalue weighted by Gasteiger charge is -2.19. The van der Waals surface area contributed by atoms with E-state index in [4.69, 9.17) is 9.47 Å². The van der Waals surface area contributed by atoms with Gasteiger partial charge in [0.1, 0.15) is 10.6 Å². The van der Waals surface area contributed by atoms with E-state index in [2.05, 4.69) is 9.46 Å².